The summed E-state index contributed by atoms with van der Waals surface area (Å²) in [5.74, 6) is -0.671. The maximum atomic E-state index is 13.6. The van der Waals surface area contributed by atoms with Crippen LogP contribution in [0.15, 0.2) is 77.7 Å². The van der Waals surface area contributed by atoms with E-state index in [0.717, 1.165) is 20.6 Å². The number of hydrogen-bond donors (Lipinski definition) is 1. The Labute approximate surface area is 220 Å². The third kappa shape index (κ3) is 7.40. The van der Waals surface area contributed by atoms with Crippen molar-refractivity contribution in [2.75, 3.05) is 20.1 Å². The van der Waals surface area contributed by atoms with E-state index in [1.807, 2.05) is 82.3 Å². The largest absolute Gasteiger partial charge is 0.350 e. The van der Waals surface area contributed by atoms with Gasteiger partial charge >= 0.3 is 0 Å². The second-order valence-electron chi connectivity index (χ2n) is 10.3. The highest BCUT2D eigenvalue weighted by Gasteiger charge is 2.32. The Morgan fingerprint density at radius 2 is 1.54 bits per heavy atom. The number of amides is 2. The van der Waals surface area contributed by atoms with E-state index in [9.17, 15) is 18.0 Å². The smallest absolute Gasteiger partial charge is 0.243 e. The minimum atomic E-state index is -3.92. The number of benzene rings is 3. The van der Waals surface area contributed by atoms with E-state index >= 15 is 0 Å². The quantitative estimate of drug-likeness (QED) is 0.431. The summed E-state index contributed by atoms with van der Waals surface area (Å²) in [7, 11) is -2.53. The standard InChI is InChI=1S/C29H37N3O4S/c1-6-26(28(34)30-29(2,3)4)32(19-18-22-12-8-7-9-13-22)27(33)21-31(5)37(35,36)25-17-16-23-14-10-11-15-24(23)20-25/h7-17,20,26H,6,18-19,21H2,1-5H3,(H,30,34)/t26-/m0/s1. The summed E-state index contributed by atoms with van der Waals surface area (Å²) >= 11 is 0. The minimum Gasteiger partial charge on any atom is -0.350 e. The van der Waals surface area contributed by atoms with E-state index in [0.29, 0.717) is 19.4 Å². The molecular formula is C29H37N3O4S. The summed E-state index contributed by atoms with van der Waals surface area (Å²) in [5.41, 5.74) is 0.568. The zero-order valence-corrected chi connectivity index (χ0v) is 23.1. The molecule has 1 atom stereocenters. The van der Waals surface area contributed by atoms with E-state index in [-0.39, 0.29) is 17.3 Å². The second kappa shape index (κ2) is 11.9. The van der Waals surface area contributed by atoms with Gasteiger partial charge in [-0.15, -0.1) is 0 Å². The van der Waals surface area contributed by atoms with E-state index in [1.165, 1.54) is 11.9 Å². The lowest BCUT2D eigenvalue weighted by Crippen LogP contribution is -2.55. The van der Waals surface area contributed by atoms with Gasteiger partial charge in [-0.2, -0.15) is 4.31 Å². The van der Waals surface area contributed by atoms with Gasteiger partial charge in [-0.25, -0.2) is 8.42 Å². The van der Waals surface area contributed by atoms with Crippen LogP contribution in [0.4, 0.5) is 0 Å². The van der Waals surface area contributed by atoms with Gasteiger partial charge in [0.1, 0.15) is 6.04 Å². The van der Waals surface area contributed by atoms with Crippen LogP contribution >= 0.6 is 0 Å². The lowest BCUT2D eigenvalue weighted by Gasteiger charge is -2.34. The van der Waals surface area contributed by atoms with E-state index < -0.39 is 27.5 Å². The Morgan fingerprint density at radius 3 is 2.16 bits per heavy atom. The van der Waals surface area contributed by atoms with E-state index in [4.69, 9.17) is 0 Å². The first kappa shape index (κ1) is 28.3. The topological polar surface area (TPSA) is 86.8 Å². The van der Waals surface area contributed by atoms with Crippen LogP contribution < -0.4 is 5.32 Å². The first-order valence-electron chi connectivity index (χ1n) is 12.5. The van der Waals surface area contributed by atoms with Gasteiger partial charge in [-0.1, -0.05) is 67.6 Å². The summed E-state index contributed by atoms with van der Waals surface area (Å²) in [4.78, 5) is 28.3. The Bertz CT molecular complexity index is 1330. The molecule has 0 heterocycles. The van der Waals surface area contributed by atoms with Gasteiger partial charge in [0.05, 0.1) is 11.4 Å². The molecular weight excluding hydrogens is 486 g/mol. The van der Waals surface area contributed by atoms with Crippen LogP contribution in [0.5, 0.6) is 0 Å². The van der Waals surface area contributed by atoms with Crippen molar-refractivity contribution in [2.24, 2.45) is 0 Å². The zero-order valence-electron chi connectivity index (χ0n) is 22.3. The van der Waals surface area contributed by atoms with Crippen LogP contribution in [0.25, 0.3) is 10.8 Å². The average molecular weight is 524 g/mol. The number of carbonyl (C=O) groups is 2. The summed E-state index contributed by atoms with van der Waals surface area (Å²) in [5, 5.41) is 4.70. The van der Waals surface area contributed by atoms with Crippen LogP contribution in [0.3, 0.4) is 0 Å². The minimum absolute atomic E-state index is 0.120. The summed E-state index contributed by atoms with van der Waals surface area (Å²) < 4.78 is 27.8. The van der Waals surface area contributed by atoms with E-state index in [1.54, 1.807) is 18.2 Å². The summed E-state index contributed by atoms with van der Waals surface area (Å²) in [6.07, 6.45) is 0.955. The van der Waals surface area contributed by atoms with Gasteiger partial charge in [-0.05, 0) is 62.1 Å². The van der Waals surface area contributed by atoms with Crippen molar-refractivity contribution in [3.05, 3.63) is 78.4 Å². The molecule has 7 nitrogen and oxygen atoms in total. The lowest BCUT2D eigenvalue weighted by atomic mass is 10.1. The lowest BCUT2D eigenvalue weighted by molar-refractivity contribution is -0.141. The maximum absolute atomic E-state index is 13.6. The van der Waals surface area contributed by atoms with Gasteiger partial charge in [-0.3, -0.25) is 9.59 Å². The number of fused-ring (bicyclic) bond motifs is 1. The highest BCUT2D eigenvalue weighted by molar-refractivity contribution is 7.89. The van der Waals surface area contributed by atoms with Crippen LogP contribution in [0, 0.1) is 0 Å². The average Bonchev–Trinajstić information content (AvgIpc) is 2.85. The molecule has 0 aromatic heterocycles. The molecule has 0 saturated carbocycles. The van der Waals surface area contributed by atoms with Gasteiger partial charge in [0, 0.05) is 19.1 Å². The second-order valence-corrected chi connectivity index (χ2v) is 12.3. The molecule has 0 bridgehead atoms. The molecule has 3 aromatic rings. The first-order chi connectivity index (χ1) is 17.4. The fourth-order valence-electron chi connectivity index (χ4n) is 4.22. The molecule has 0 aliphatic carbocycles. The molecule has 37 heavy (non-hydrogen) atoms. The van der Waals surface area contributed by atoms with Gasteiger partial charge in [0.15, 0.2) is 0 Å². The number of rotatable bonds is 10. The Morgan fingerprint density at radius 1 is 0.919 bits per heavy atom. The van der Waals surface area contributed by atoms with Crippen molar-refractivity contribution < 1.29 is 18.0 Å². The Kier molecular flexibility index (Phi) is 9.10. The molecule has 0 saturated heterocycles. The van der Waals surface area contributed by atoms with Crippen molar-refractivity contribution in [1.29, 1.82) is 0 Å². The molecule has 0 spiro atoms. The van der Waals surface area contributed by atoms with Gasteiger partial charge < -0.3 is 10.2 Å². The summed E-state index contributed by atoms with van der Waals surface area (Å²) in [6.45, 7) is 7.43. The van der Waals surface area contributed by atoms with Crippen molar-refractivity contribution in [3.63, 3.8) is 0 Å². The molecule has 0 radical (unpaired) electrons. The van der Waals surface area contributed by atoms with Crippen molar-refractivity contribution >= 4 is 32.6 Å². The van der Waals surface area contributed by atoms with E-state index in [2.05, 4.69) is 5.32 Å². The molecule has 3 rings (SSSR count). The normalized spacial score (nSPS) is 12.9. The molecule has 198 valence electrons. The highest BCUT2D eigenvalue weighted by Crippen LogP contribution is 2.22. The number of likely N-dealkylation sites (N-methyl/N-ethyl adjacent to an activating group) is 1. The Balaban J connectivity index is 1.84. The fraction of sp³-hybridized carbons (Fsp3) is 0.379. The molecule has 0 fully saturated rings. The third-order valence-corrected chi connectivity index (χ3v) is 7.95. The predicted octanol–water partition coefficient (Wildman–Crippen LogP) is 4.22. The maximum Gasteiger partial charge on any atom is 0.243 e. The third-order valence-electron chi connectivity index (χ3n) is 6.16. The predicted molar refractivity (Wildman–Crippen MR) is 148 cm³/mol. The Hall–Kier alpha value is -3.23. The van der Waals surface area contributed by atoms with Crippen LogP contribution in [0.1, 0.15) is 39.7 Å². The molecule has 3 aromatic carbocycles. The van der Waals surface area contributed by atoms with Crippen molar-refractivity contribution in [3.8, 4) is 0 Å². The number of nitrogens with zero attached hydrogens (tertiary/aromatic N) is 2. The molecule has 1 N–H and O–H groups in total. The highest BCUT2D eigenvalue weighted by atomic mass is 32.2. The monoisotopic (exact) mass is 523 g/mol. The van der Waals surface area contributed by atoms with Gasteiger partial charge in [0.25, 0.3) is 0 Å². The SMILES string of the molecule is CC[C@@H](C(=O)NC(C)(C)C)N(CCc1ccccc1)C(=O)CN(C)S(=O)(=O)c1ccc2ccccc2c1. The van der Waals surface area contributed by atoms with Crippen molar-refractivity contribution in [2.45, 2.75) is 57.0 Å². The van der Waals surface area contributed by atoms with Crippen LogP contribution in [-0.2, 0) is 26.0 Å². The van der Waals surface area contributed by atoms with Crippen LogP contribution in [-0.4, -0.2) is 61.2 Å². The first-order valence-corrected chi connectivity index (χ1v) is 14.0. The van der Waals surface area contributed by atoms with Crippen molar-refractivity contribution in [1.82, 2.24) is 14.5 Å². The zero-order chi connectivity index (χ0) is 27.2. The number of sulfonamides is 1. The molecule has 0 aliphatic heterocycles. The van der Waals surface area contributed by atoms with Crippen LogP contribution in [0.2, 0.25) is 0 Å². The fourth-order valence-corrected chi connectivity index (χ4v) is 5.38. The molecule has 2 amide bonds. The molecule has 0 unspecified atom stereocenters. The number of carbonyl (C=O) groups excluding carboxylic acids is 2. The van der Waals surface area contributed by atoms with Gasteiger partial charge in [0.2, 0.25) is 21.8 Å². The molecule has 0 aliphatic rings. The number of nitrogens with one attached hydrogen (secondary N) is 1. The number of hydrogen-bond acceptors (Lipinski definition) is 4. The molecule has 8 heteroatoms. The summed E-state index contributed by atoms with van der Waals surface area (Å²) in [6, 6.07) is 21.4.